The Morgan fingerprint density at radius 1 is 0.524 bits per heavy atom. The minimum absolute atomic E-state index is 0.439. The number of benzene rings is 2. The molecule has 2 aliphatic carbocycles. The molecule has 2 aliphatic rings. The average Bonchev–Trinajstić information content (AvgIpc) is 3.03. The van der Waals surface area contributed by atoms with Crippen LogP contribution in [0.1, 0.15) is 176 Å². The van der Waals surface area contributed by atoms with E-state index >= 15 is 0 Å². The van der Waals surface area contributed by atoms with Crippen LogP contribution in [0, 0.1) is 11.8 Å². The van der Waals surface area contributed by atoms with Gasteiger partial charge in [0.15, 0.2) is 0 Å². The van der Waals surface area contributed by atoms with Gasteiger partial charge in [0.1, 0.15) is 5.78 Å². The molecule has 2 saturated carbocycles. The molecule has 0 atom stereocenters. The highest BCUT2D eigenvalue weighted by molar-refractivity contribution is 5.78. The lowest BCUT2D eigenvalue weighted by Crippen LogP contribution is -2.13. The number of unbranched alkanes of at least 4 members (excludes halogenated alkanes) is 4. The minimum atomic E-state index is 0.439. The second-order valence-electron chi connectivity index (χ2n) is 14.2. The van der Waals surface area contributed by atoms with Gasteiger partial charge in [-0.2, -0.15) is 0 Å². The summed E-state index contributed by atoms with van der Waals surface area (Å²) in [5, 5.41) is 0. The zero-order valence-electron chi connectivity index (χ0n) is 27.4. The lowest BCUT2D eigenvalue weighted by Gasteiger charge is -2.29. The summed E-state index contributed by atoms with van der Waals surface area (Å²) in [6.07, 6.45) is 27.9. The van der Waals surface area contributed by atoms with Crippen molar-refractivity contribution in [2.24, 2.45) is 11.8 Å². The van der Waals surface area contributed by atoms with E-state index < -0.39 is 0 Å². The van der Waals surface area contributed by atoms with Gasteiger partial charge in [-0.1, -0.05) is 114 Å². The number of Topliss-reactive ketones (excluding diaryl/α,β-unsaturated/α-hetero) is 1. The van der Waals surface area contributed by atoms with Gasteiger partial charge in [-0.05, 0) is 123 Å². The van der Waals surface area contributed by atoms with E-state index in [4.69, 9.17) is 0 Å². The fourth-order valence-electron chi connectivity index (χ4n) is 7.95. The van der Waals surface area contributed by atoms with Gasteiger partial charge >= 0.3 is 0 Å². The predicted molar refractivity (Wildman–Crippen MR) is 181 cm³/mol. The van der Waals surface area contributed by atoms with Crippen molar-refractivity contribution in [1.82, 2.24) is 0 Å². The molecule has 0 radical (unpaired) electrons. The van der Waals surface area contributed by atoms with Gasteiger partial charge in [0.25, 0.3) is 0 Å². The molecule has 1 heteroatoms. The van der Waals surface area contributed by atoms with E-state index in [1.54, 1.807) is 11.1 Å². The Kier molecular flexibility index (Phi) is 14.7. The van der Waals surface area contributed by atoms with E-state index in [9.17, 15) is 4.79 Å². The maximum atomic E-state index is 12.6. The van der Waals surface area contributed by atoms with Crippen molar-refractivity contribution >= 4 is 5.78 Å². The summed E-state index contributed by atoms with van der Waals surface area (Å²) in [5.41, 5.74) is 5.87. The Balaban J connectivity index is 1.06. The van der Waals surface area contributed by atoms with Crippen LogP contribution in [-0.2, 0) is 17.6 Å². The van der Waals surface area contributed by atoms with Gasteiger partial charge in [0.05, 0.1) is 0 Å². The molecular weight excluding hydrogens is 508 g/mol. The Labute approximate surface area is 259 Å². The van der Waals surface area contributed by atoms with Crippen LogP contribution in [-0.4, -0.2) is 5.78 Å². The van der Waals surface area contributed by atoms with Crippen molar-refractivity contribution in [3.63, 3.8) is 0 Å². The zero-order valence-corrected chi connectivity index (χ0v) is 27.4. The molecule has 2 aromatic carbocycles. The summed E-state index contributed by atoms with van der Waals surface area (Å²) in [6.45, 7) is 4.61. The molecular formula is C41H62O. The number of hydrogen-bond acceptors (Lipinski definition) is 1. The van der Waals surface area contributed by atoms with E-state index in [1.807, 2.05) is 0 Å². The number of hydrogen-bond donors (Lipinski definition) is 0. The number of ketones is 1. The molecule has 2 fully saturated rings. The quantitative estimate of drug-likeness (QED) is 0.163. The second-order valence-corrected chi connectivity index (χ2v) is 14.2. The number of carbonyl (C=O) groups excluding carboxylic acids is 1. The van der Waals surface area contributed by atoms with Crippen molar-refractivity contribution in [1.29, 1.82) is 0 Å². The minimum Gasteiger partial charge on any atom is -0.300 e. The molecule has 0 aliphatic heterocycles. The largest absolute Gasteiger partial charge is 0.300 e. The van der Waals surface area contributed by atoms with Crippen molar-refractivity contribution in [2.75, 3.05) is 0 Å². The van der Waals surface area contributed by atoms with Gasteiger partial charge < -0.3 is 0 Å². The molecule has 0 heterocycles. The predicted octanol–water partition coefficient (Wildman–Crippen LogP) is 12.3. The maximum absolute atomic E-state index is 12.6. The van der Waals surface area contributed by atoms with Crippen molar-refractivity contribution < 1.29 is 4.79 Å². The van der Waals surface area contributed by atoms with Gasteiger partial charge in [-0.3, -0.25) is 4.79 Å². The highest BCUT2D eigenvalue weighted by Crippen LogP contribution is 2.39. The van der Waals surface area contributed by atoms with E-state index in [2.05, 4.69) is 62.4 Å². The first-order chi connectivity index (χ1) is 20.6. The van der Waals surface area contributed by atoms with Crippen LogP contribution >= 0.6 is 0 Å². The second kappa shape index (κ2) is 18.7. The molecule has 4 rings (SSSR count). The molecule has 0 amide bonds. The third-order valence-corrected chi connectivity index (χ3v) is 10.9. The van der Waals surface area contributed by atoms with Crippen LogP contribution in [0.5, 0.6) is 0 Å². The summed E-state index contributed by atoms with van der Waals surface area (Å²) in [4.78, 5) is 12.6. The summed E-state index contributed by atoms with van der Waals surface area (Å²) in [5.74, 6) is 3.92. The summed E-state index contributed by atoms with van der Waals surface area (Å²) in [7, 11) is 0. The van der Waals surface area contributed by atoms with Gasteiger partial charge in [0, 0.05) is 12.8 Å². The number of aryl methyl sites for hydroxylation is 2. The first-order valence-electron chi connectivity index (χ1n) is 18.3. The van der Waals surface area contributed by atoms with Gasteiger partial charge in [-0.25, -0.2) is 0 Å². The van der Waals surface area contributed by atoms with E-state index in [0.717, 1.165) is 62.2 Å². The van der Waals surface area contributed by atoms with Crippen LogP contribution < -0.4 is 0 Å². The highest BCUT2D eigenvalue weighted by atomic mass is 16.1. The van der Waals surface area contributed by atoms with Crippen LogP contribution in [0.4, 0.5) is 0 Å². The molecule has 0 aromatic heterocycles. The third kappa shape index (κ3) is 11.3. The van der Waals surface area contributed by atoms with Gasteiger partial charge in [-0.15, -0.1) is 0 Å². The van der Waals surface area contributed by atoms with Crippen molar-refractivity contribution in [2.45, 2.75) is 167 Å². The Hall–Kier alpha value is -1.89. The third-order valence-electron chi connectivity index (χ3n) is 10.9. The highest BCUT2D eigenvalue weighted by Gasteiger charge is 2.23. The molecule has 0 saturated heterocycles. The first-order valence-corrected chi connectivity index (χ1v) is 18.3. The monoisotopic (exact) mass is 570 g/mol. The topological polar surface area (TPSA) is 17.1 Å². The number of rotatable bonds is 18. The lowest BCUT2D eigenvalue weighted by atomic mass is 9.77. The first kappa shape index (κ1) is 33.0. The van der Waals surface area contributed by atoms with Crippen LogP contribution in [0.15, 0.2) is 48.5 Å². The van der Waals surface area contributed by atoms with Gasteiger partial charge in [0.2, 0.25) is 0 Å². The fraction of sp³-hybridized carbons (Fsp3) is 0.683. The summed E-state index contributed by atoms with van der Waals surface area (Å²) in [6, 6.07) is 18.8. The van der Waals surface area contributed by atoms with E-state index in [1.165, 1.54) is 114 Å². The SMILES string of the molecule is CCCCCC1CCC(c2ccc(CCCC(=O)CCCc3ccc([C@H]4CC[C@H](CCCCC)CC4)cc3)cc2)CC1. The van der Waals surface area contributed by atoms with E-state index in [0.29, 0.717) is 5.78 Å². The molecule has 0 bridgehead atoms. The smallest absolute Gasteiger partial charge is 0.132 e. The van der Waals surface area contributed by atoms with Crippen LogP contribution in [0.25, 0.3) is 0 Å². The Bertz CT molecular complexity index is 905. The molecule has 42 heavy (non-hydrogen) atoms. The molecule has 1 nitrogen and oxygen atoms in total. The summed E-state index contributed by atoms with van der Waals surface area (Å²) >= 11 is 0. The maximum Gasteiger partial charge on any atom is 0.132 e. The molecule has 232 valence electrons. The van der Waals surface area contributed by atoms with Crippen molar-refractivity contribution in [3.8, 4) is 0 Å². The van der Waals surface area contributed by atoms with E-state index in [-0.39, 0.29) is 0 Å². The summed E-state index contributed by atoms with van der Waals surface area (Å²) < 4.78 is 0. The number of carbonyl (C=O) groups is 1. The normalized spacial score (nSPS) is 22.7. The van der Waals surface area contributed by atoms with Crippen molar-refractivity contribution in [3.05, 3.63) is 70.8 Å². The molecule has 0 spiro atoms. The Morgan fingerprint density at radius 3 is 1.26 bits per heavy atom. The average molecular weight is 571 g/mol. The van der Waals surface area contributed by atoms with Crippen LogP contribution in [0.3, 0.4) is 0 Å². The standard InChI is InChI=1S/C41H62O/c1-3-5-7-11-33-17-25-37(26-18-33)39-29-21-35(22-30-39)13-9-15-41(42)16-10-14-36-23-31-40(32-24-36)38-27-19-34(20-28-38)12-8-6-4-2/h21-24,29-34,37-38H,3-20,25-28H2,1-2H3/t33-,34?,37-,38?. The van der Waals surface area contributed by atoms with Crippen LogP contribution in [0.2, 0.25) is 0 Å². The zero-order chi connectivity index (χ0) is 29.4. The lowest BCUT2D eigenvalue weighted by molar-refractivity contribution is -0.119. The Morgan fingerprint density at radius 2 is 0.905 bits per heavy atom. The molecule has 0 N–H and O–H groups in total. The molecule has 2 aromatic rings. The fourth-order valence-corrected chi connectivity index (χ4v) is 7.95. The molecule has 0 unspecified atom stereocenters.